The zero-order valence-electron chi connectivity index (χ0n) is 12.6. The molecule has 0 aromatic carbocycles. The van der Waals surface area contributed by atoms with Crippen LogP contribution in [0.4, 0.5) is 11.6 Å². The number of aromatic nitrogens is 2. The first-order valence-electron chi connectivity index (χ1n) is 7.09. The largest absolute Gasteiger partial charge is 0.368 e. The van der Waals surface area contributed by atoms with E-state index in [1.807, 2.05) is 19.9 Å². The van der Waals surface area contributed by atoms with Gasteiger partial charge in [0, 0.05) is 32.2 Å². The van der Waals surface area contributed by atoms with Gasteiger partial charge in [0.25, 0.3) is 0 Å². The molecule has 1 aromatic heterocycles. The smallest absolute Gasteiger partial charge is 0.134 e. The molecule has 1 heterocycles. The first-order chi connectivity index (χ1) is 9.02. The van der Waals surface area contributed by atoms with Gasteiger partial charge in [-0.15, -0.1) is 0 Å². The maximum absolute atomic E-state index is 5.74. The molecule has 1 rings (SSSR count). The van der Waals surface area contributed by atoms with Crippen LogP contribution in [0.2, 0.25) is 0 Å². The van der Waals surface area contributed by atoms with Crippen LogP contribution in [-0.2, 0) is 0 Å². The quantitative estimate of drug-likeness (QED) is 0.705. The van der Waals surface area contributed by atoms with Crippen LogP contribution in [0.25, 0.3) is 0 Å². The van der Waals surface area contributed by atoms with E-state index in [1.165, 1.54) is 19.3 Å². The van der Waals surface area contributed by atoms with Gasteiger partial charge in [-0.25, -0.2) is 9.97 Å². The van der Waals surface area contributed by atoms with Crippen LogP contribution in [0.5, 0.6) is 0 Å². The molecule has 0 aliphatic heterocycles. The number of hydrogen-bond donors (Lipinski definition) is 2. The van der Waals surface area contributed by atoms with Crippen molar-refractivity contribution in [2.24, 2.45) is 5.73 Å². The molecule has 1 atom stereocenters. The minimum atomic E-state index is 0.112. The van der Waals surface area contributed by atoms with Crippen molar-refractivity contribution in [1.82, 2.24) is 9.97 Å². The zero-order chi connectivity index (χ0) is 14.3. The fourth-order valence-electron chi connectivity index (χ4n) is 1.82. The van der Waals surface area contributed by atoms with Gasteiger partial charge in [-0.2, -0.15) is 0 Å². The minimum Gasteiger partial charge on any atom is -0.368 e. The van der Waals surface area contributed by atoms with E-state index in [9.17, 15) is 0 Å². The molecule has 3 N–H and O–H groups in total. The molecule has 0 bridgehead atoms. The third-order valence-electron chi connectivity index (χ3n) is 2.92. The Hall–Kier alpha value is -1.36. The van der Waals surface area contributed by atoms with Crippen molar-refractivity contribution in [2.45, 2.75) is 46.1 Å². The third-order valence-corrected chi connectivity index (χ3v) is 2.92. The minimum absolute atomic E-state index is 0.112. The Morgan fingerprint density at radius 2 is 2.11 bits per heavy atom. The van der Waals surface area contributed by atoms with E-state index < -0.39 is 0 Å². The highest BCUT2D eigenvalue weighted by molar-refractivity contribution is 5.49. The van der Waals surface area contributed by atoms with Gasteiger partial charge in [0.1, 0.15) is 17.5 Å². The van der Waals surface area contributed by atoms with Crippen molar-refractivity contribution in [1.29, 1.82) is 0 Å². The molecule has 0 saturated heterocycles. The summed E-state index contributed by atoms with van der Waals surface area (Å²) in [5.41, 5.74) is 5.74. The molecule has 0 aliphatic carbocycles. The monoisotopic (exact) mass is 265 g/mol. The first-order valence-corrected chi connectivity index (χ1v) is 7.09. The second kappa shape index (κ2) is 7.94. The fraction of sp³-hybridized carbons (Fsp3) is 0.714. The number of anilines is 2. The number of nitrogens with one attached hydrogen (secondary N) is 1. The van der Waals surface area contributed by atoms with Crippen molar-refractivity contribution in [3.63, 3.8) is 0 Å². The van der Waals surface area contributed by atoms with Gasteiger partial charge in [-0.05, 0) is 20.3 Å². The predicted molar refractivity (Wildman–Crippen MR) is 81.7 cm³/mol. The highest BCUT2D eigenvalue weighted by Crippen LogP contribution is 2.15. The standard InChI is InChI=1S/C14H27N5/c1-5-6-7-8-19(4)14-9-13(16-10-11(2)15)17-12(3)18-14/h9,11H,5-8,10,15H2,1-4H3,(H,16,17,18). The van der Waals surface area contributed by atoms with Gasteiger partial charge in [0.2, 0.25) is 0 Å². The van der Waals surface area contributed by atoms with Crippen LogP contribution in [0.3, 0.4) is 0 Å². The average Bonchev–Trinajstić information content (AvgIpc) is 2.36. The van der Waals surface area contributed by atoms with E-state index in [-0.39, 0.29) is 6.04 Å². The summed E-state index contributed by atoms with van der Waals surface area (Å²) in [6.07, 6.45) is 3.68. The van der Waals surface area contributed by atoms with Gasteiger partial charge in [-0.3, -0.25) is 0 Å². The summed E-state index contributed by atoms with van der Waals surface area (Å²) < 4.78 is 0. The van der Waals surface area contributed by atoms with Crippen molar-refractivity contribution in [3.05, 3.63) is 11.9 Å². The van der Waals surface area contributed by atoms with Crippen LogP contribution < -0.4 is 16.0 Å². The molecule has 0 radical (unpaired) electrons. The molecular formula is C14H27N5. The van der Waals surface area contributed by atoms with Crippen molar-refractivity contribution < 1.29 is 0 Å². The lowest BCUT2D eigenvalue weighted by molar-refractivity contribution is 0.700. The summed E-state index contributed by atoms with van der Waals surface area (Å²) in [5.74, 6) is 2.60. The lowest BCUT2D eigenvalue weighted by Gasteiger charge is -2.19. The van der Waals surface area contributed by atoms with E-state index >= 15 is 0 Å². The molecule has 5 heteroatoms. The summed E-state index contributed by atoms with van der Waals surface area (Å²) in [4.78, 5) is 11.0. The Balaban J connectivity index is 2.66. The molecule has 0 saturated carbocycles. The van der Waals surface area contributed by atoms with E-state index in [0.29, 0.717) is 0 Å². The second-order valence-corrected chi connectivity index (χ2v) is 5.15. The van der Waals surface area contributed by atoms with Gasteiger partial charge in [0.05, 0.1) is 0 Å². The number of aryl methyl sites for hydroxylation is 1. The highest BCUT2D eigenvalue weighted by atomic mass is 15.2. The second-order valence-electron chi connectivity index (χ2n) is 5.15. The first kappa shape index (κ1) is 15.7. The Kier molecular flexibility index (Phi) is 6.56. The Morgan fingerprint density at radius 1 is 1.37 bits per heavy atom. The lowest BCUT2D eigenvalue weighted by Crippen LogP contribution is -2.26. The van der Waals surface area contributed by atoms with Gasteiger partial charge >= 0.3 is 0 Å². The summed E-state index contributed by atoms with van der Waals surface area (Å²) >= 11 is 0. The molecule has 1 unspecified atom stereocenters. The Morgan fingerprint density at radius 3 is 2.74 bits per heavy atom. The topological polar surface area (TPSA) is 67.1 Å². The van der Waals surface area contributed by atoms with Crippen molar-refractivity contribution in [3.8, 4) is 0 Å². The molecular weight excluding hydrogens is 238 g/mol. The number of hydrogen-bond acceptors (Lipinski definition) is 5. The van der Waals surface area contributed by atoms with Gasteiger partial charge in [0.15, 0.2) is 0 Å². The normalized spacial score (nSPS) is 12.3. The molecule has 0 aliphatic rings. The van der Waals surface area contributed by atoms with Crippen molar-refractivity contribution >= 4 is 11.6 Å². The van der Waals surface area contributed by atoms with Crippen LogP contribution in [0.15, 0.2) is 6.07 Å². The molecule has 0 amide bonds. The number of unbranched alkanes of at least 4 members (excludes halogenated alkanes) is 2. The summed E-state index contributed by atoms with van der Waals surface area (Å²) in [5, 5.41) is 3.24. The maximum atomic E-state index is 5.74. The molecule has 1 aromatic rings. The zero-order valence-corrected chi connectivity index (χ0v) is 12.6. The van der Waals surface area contributed by atoms with Crippen LogP contribution in [0, 0.1) is 6.92 Å². The van der Waals surface area contributed by atoms with E-state index in [2.05, 4.69) is 34.2 Å². The van der Waals surface area contributed by atoms with Crippen molar-refractivity contribution in [2.75, 3.05) is 30.4 Å². The predicted octanol–water partition coefficient (Wildman–Crippen LogP) is 2.17. The highest BCUT2D eigenvalue weighted by Gasteiger charge is 2.06. The SMILES string of the molecule is CCCCCN(C)c1cc(NCC(C)N)nc(C)n1. The summed E-state index contributed by atoms with van der Waals surface area (Å²) in [6.45, 7) is 7.84. The van der Waals surface area contributed by atoms with Crippen LogP contribution in [0.1, 0.15) is 38.9 Å². The van der Waals surface area contributed by atoms with E-state index in [0.717, 1.165) is 30.5 Å². The molecule has 108 valence electrons. The fourth-order valence-corrected chi connectivity index (χ4v) is 1.82. The summed E-state index contributed by atoms with van der Waals surface area (Å²) in [7, 11) is 2.08. The number of nitrogens with zero attached hydrogens (tertiary/aromatic N) is 3. The average molecular weight is 265 g/mol. The van der Waals surface area contributed by atoms with Gasteiger partial charge in [-0.1, -0.05) is 19.8 Å². The van der Waals surface area contributed by atoms with Crippen LogP contribution in [-0.4, -0.2) is 36.1 Å². The molecule has 0 spiro atoms. The summed E-state index contributed by atoms with van der Waals surface area (Å²) in [6, 6.07) is 2.10. The van der Waals surface area contributed by atoms with Gasteiger partial charge < -0.3 is 16.0 Å². The lowest BCUT2D eigenvalue weighted by atomic mass is 10.2. The molecule has 0 fully saturated rings. The van der Waals surface area contributed by atoms with E-state index in [4.69, 9.17) is 5.73 Å². The maximum Gasteiger partial charge on any atom is 0.134 e. The van der Waals surface area contributed by atoms with E-state index in [1.54, 1.807) is 0 Å². The molecule has 5 nitrogen and oxygen atoms in total. The molecule has 19 heavy (non-hydrogen) atoms. The Bertz CT molecular complexity index is 378. The third kappa shape index (κ3) is 5.87. The number of nitrogens with two attached hydrogens (primary N) is 1. The number of rotatable bonds is 8. The Labute approximate surface area is 116 Å². The van der Waals surface area contributed by atoms with Crippen LogP contribution >= 0.6 is 0 Å².